The van der Waals surface area contributed by atoms with Crippen LogP contribution in [0.2, 0.25) is 0 Å². The van der Waals surface area contributed by atoms with E-state index in [4.69, 9.17) is 11.6 Å². The fourth-order valence-corrected chi connectivity index (χ4v) is 1.65. The van der Waals surface area contributed by atoms with Crippen LogP contribution in [0.4, 0.5) is 0 Å². The fraction of sp³-hybridized carbons (Fsp3) is 0.750. The summed E-state index contributed by atoms with van der Waals surface area (Å²) < 4.78 is 0. The third-order valence-corrected chi connectivity index (χ3v) is 2.32. The lowest BCUT2D eigenvalue weighted by Crippen LogP contribution is -2.40. The Morgan fingerprint density at radius 2 is 2.33 bits per heavy atom. The number of thioether (sulfide) groups is 1. The summed E-state index contributed by atoms with van der Waals surface area (Å²) in [6.45, 7) is 6.42. The summed E-state index contributed by atoms with van der Waals surface area (Å²) in [5.74, 6) is 0.717. The largest absolute Gasteiger partial charge is 0.388 e. The number of hydrogen-bond acceptors (Lipinski definition) is 3. The summed E-state index contributed by atoms with van der Waals surface area (Å²) in [5.41, 5.74) is -0.661. The second kappa shape index (κ2) is 5.86. The Bertz CT molecular complexity index is 150. The first kappa shape index (κ1) is 12.3. The molecule has 1 atom stereocenters. The Labute approximate surface area is 83.4 Å². The average Bonchev–Trinajstić information content (AvgIpc) is 1.85. The van der Waals surface area contributed by atoms with Crippen LogP contribution in [0.3, 0.4) is 0 Å². The maximum absolute atomic E-state index is 9.67. The van der Waals surface area contributed by atoms with Crippen molar-refractivity contribution in [3.63, 3.8) is 0 Å². The molecule has 0 aromatic heterocycles. The van der Waals surface area contributed by atoms with Crippen LogP contribution in [0.15, 0.2) is 11.6 Å². The summed E-state index contributed by atoms with van der Waals surface area (Å²) in [6.07, 6.45) is 1.97. The zero-order valence-electron chi connectivity index (χ0n) is 7.56. The molecular weight excluding hydrogens is 194 g/mol. The normalized spacial score (nSPS) is 15.7. The molecule has 1 unspecified atom stereocenters. The number of halogens is 1. The van der Waals surface area contributed by atoms with Gasteiger partial charge in [0, 0.05) is 23.9 Å². The molecule has 0 aliphatic carbocycles. The van der Waals surface area contributed by atoms with Crippen LogP contribution in [0.25, 0.3) is 0 Å². The lowest BCUT2D eigenvalue weighted by molar-refractivity contribution is 0.0860. The van der Waals surface area contributed by atoms with Crippen LogP contribution in [-0.4, -0.2) is 35.8 Å². The monoisotopic (exact) mass is 209 g/mol. The summed E-state index contributed by atoms with van der Waals surface area (Å²) in [7, 11) is 0. The first-order valence-electron chi connectivity index (χ1n) is 3.73. The van der Waals surface area contributed by atoms with Crippen LogP contribution in [0.1, 0.15) is 6.92 Å². The molecule has 0 spiro atoms. The Hall–Kier alpha value is 0.300. The van der Waals surface area contributed by atoms with E-state index in [-0.39, 0.29) is 0 Å². The minimum Gasteiger partial charge on any atom is -0.388 e. The van der Waals surface area contributed by atoms with Crippen molar-refractivity contribution in [3.8, 4) is 0 Å². The van der Waals surface area contributed by atoms with Gasteiger partial charge in [-0.15, -0.1) is 0 Å². The smallest absolute Gasteiger partial charge is 0.0833 e. The molecule has 0 aromatic carbocycles. The van der Waals surface area contributed by atoms with E-state index in [2.05, 4.69) is 11.9 Å². The third-order valence-electron chi connectivity index (χ3n) is 1.28. The van der Waals surface area contributed by atoms with E-state index >= 15 is 0 Å². The summed E-state index contributed by atoms with van der Waals surface area (Å²) >= 11 is 7.16. The van der Waals surface area contributed by atoms with Gasteiger partial charge in [0.25, 0.3) is 0 Å². The van der Waals surface area contributed by atoms with Gasteiger partial charge in [-0.05, 0) is 13.2 Å². The topological polar surface area (TPSA) is 32.3 Å². The molecule has 0 fully saturated rings. The SMILES string of the molecule is C=C(Cl)CNCC(C)(O)CSC. The van der Waals surface area contributed by atoms with Crippen molar-refractivity contribution in [2.75, 3.05) is 25.1 Å². The fourth-order valence-electron chi connectivity index (χ4n) is 0.829. The predicted molar refractivity (Wildman–Crippen MR) is 56.9 cm³/mol. The Kier molecular flexibility index (Phi) is 6.01. The minimum absolute atomic E-state index is 0.541. The molecule has 0 heterocycles. The van der Waals surface area contributed by atoms with Crippen LogP contribution < -0.4 is 5.32 Å². The van der Waals surface area contributed by atoms with E-state index in [0.29, 0.717) is 18.1 Å². The molecule has 0 aliphatic rings. The zero-order chi connectivity index (χ0) is 9.61. The highest BCUT2D eigenvalue weighted by Crippen LogP contribution is 2.09. The highest BCUT2D eigenvalue weighted by atomic mass is 35.5. The molecule has 12 heavy (non-hydrogen) atoms. The maximum atomic E-state index is 9.67. The molecule has 0 saturated carbocycles. The summed E-state index contributed by atoms with van der Waals surface area (Å²) in [6, 6.07) is 0. The number of nitrogens with one attached hydrogen (secondary N) is 1. The van der Waals surface area contributed by atoms with Crippen molar-refractivity contribution in [2.45, 2.75) is 12.5 Å². The van der Waals surface area contributed by atoms with Gasteiger partial charge >= 0.3 is 0 Å². The molecule has 72 valence electrons. The molecule has 0 amide bonds. The molecule has 0 aromatic rings. The number of aliphatic hydroxyl groups is 1. The van der Waals surface area contributed by atoms with E-state index in [1.165, 1.54) is 0 Å². The van der Waals surface area contributed by atoms with Crippen molar-refractivity contribution in [2.24, 2.45) is 0 Å². The number of rotatable bonds is 6. The second-order valence-corrected chi connectivity index (χ2v) is 4.45. The molecular formula is C8H16ClNOS. The van der Waals surface area contributed by atoms with Gasteiger partial charge in [-0.1, -0.05) is 18.2 Å². The second-order valence-electron chi connectivity index (χ2n) is 3.05. The van der Waals surface area contributed by atoms with Crippen molar-refractivity contribution >= 4 is 23.4 Å². The average molecular weight is 210 g/mol. The molecule has 0 saturated heterocycles. The lowest BCUT2D eigenvalue weighted by Gasteiger charge is -2.22. The highest BCUT2D eigenvalue weighted by molar-refractivity contribution is 7.98. The third kappa shape index (κ3) is 6.98. The van der Waals surface area contributed by atoms with Gasteiger partial charge < -0.3 is 10.4 Å². The van der Waals surface area contributed by atoms with Gasteiger partial charge in [0.1, 0.15) is 0 Å². The lowest BCUT2D eigenvalue weighted by atomic mass is 10.1. The molecule has 2 nitrogen and oxygen atoms in total. The summed E-state index contributed by atoms with van der Waals surface area (Å²) in [4.78, 5) is 0. The van der Waals surface area contributed by atoms with E-state index in [1.54, 1.807) is 18.7 Å². The zero-order valence-corrected chi connectivity index (χ0v) is 9.13. The van der Waals surface area contributed by atoms with Crippen LogP contribution in [-0.2, 0) is 0 Å². The molecule has 0 bridgehead atoms. The molecule has 4 heteroatoms. The first-order valence-corrected chi connectivity index (χ1v) is 5.50. The van der Waals surface area contributed by atoms with Gasteiger partial charge in [-0.25, -0.2) is 0 Å². The van der Waals surface area contributed by atoms with Crippen LogP contribution in [0, 0.1) is 0 Å². The minimum atomic E-state index is -0.661. The van der Waals surface area contributed by atoms with Gasteiger partial charge in [0.15, 0.2) is 0 Å². The van der Waals surface area contributed by atoms with E-state index in [9.17, 15) is 5.11 Å². The van der Waals surface area contributed by atoms with Gasteiger partial charge in [0.2, 0.25) is 0 Å². The Balaban J connectivity index is 3.53. The molecule has 0 aliphatic heterocycles. The van der Waals surface area contributed by atoms with Gasteiger partial charge in [-0.3, -0.25) is 0 Å². The quantitative estimate of drug-likeness (QED) is 0.695. The van der Waals surface area contributed by atoms with E-state index in [1.807, 2.05) is 6.26 Å². The first-order chi connectivity index (χ1) is 5.48. The van der Waals surface area contributed by atoms with Crippen molar-refractivity contribution in [1.29, 1.82) is 0 Å². The van der Waals surface area contributed by atoms with Gasteiger partial charge in [0.05, 0.1) is 5.60 Å². The summed E-state index contributed by atoms with van der Waals surface area (Å²) in [5, 5.41) is 13.3. The van der Waals surface area contributed by atoms with E-state index in [0.717, 1.165) is 5.75 Å². The Morgan fingerprint density at radius 3 is 2.75 bits per heavy atom. The standard InChI is InChI=1S/C8H16ClNOS/c1-7(9)4-10-5-8(2,11)6-12-3/h10-11H,1,4-6H2,2-3H3. The van der Waals surface area contributed by atoms with Crippen LogP contribution >= 0.6 is 23.4 Å². The molecule has 2 N–H and O–H groups in total. The van der Waals surface area contributed by atoms with E-state index < -0.39 is 5.60 Å². The molecule has 0 radical (unpaired) electrons. The van der Waals surface area contributed by atoms with Crippen molar-refractivity contribution in [1.82, 2.24) is 5.32 Å². The Morgan fingerprint density at radius 1 is 1.75 bits per heavy atom. The predicted octanol–water partition coefficient (Wildman–Crippen LogP) is 1.44. The maximum Gasteiger partial charge on any atom is 0.0833 e. The van der Waals surface area contributed by atoms with Crippen LogP contribution in [0.5, 0.6) is 0 Å². The highest BCUT2D eigenvalue weighted by Gasteiger charge is 2.18. The van der Waals surface area contributed by atoms with Crippen molar-refractivity contribution < 1.29 is 5.11 Å². The van der Waals surface area contributed by atoms with Crippen molar-refractivity contribution in [3.05, 3.63) is 11.6 Å². The number of hydrogen-bond donors (Lipinski definition) is 2. The molecule has 0 rings (SSSR count). The van der Waals surface area contributed by atoms with Gasteiger partial charge in [-0.2, -0.15) is 11.8 Å².